The number of fused-ring (bicyclic) bond motifs is 1. The lowest BCUT2D eigenvalue weighted by Gasteiger charge is -2.20. The molecule has 9 heteroatoms. The van der Waals surface area contributed by atoms with E-state index in [9.17, 15) is 18.0 Å². The molecule has 1 aromatic heterocycles. The van der Waals surface area contributed by atoms with Gasteiger partial charge in [0.15, 0.2) is 0 Å². The average molecular weight is 442 g/mol. The van der Waals surface area contributed by atoms with Crippen molar-refractivity contribution in [2.24, 2.45) is 5.73 Å². The van der Waals surface area contributed by atoms with Gasteiger partial charge in [-0.3, -0.25) is 9.59 Å². The highest BCUT2D eigenvalue weighted by molar-refractivity contribution is 7.89. The van der Waals surface area contributed by atoms with Crippen LogP contribution in [0.3, 0.4) is 0 Å². The van der Waals surface area contributed by atoms with E-state index in [-0.39, 0.29) is 21.9 Å². The molecule has 4 rings (SSSR count). The quantitative estimate of drug-likeness (QED) is 0.629. The van der Waals surface area contributed by atoms with Crippen LogP contribution in [0.25, 0.3) is 11.0 Å². The predicted octanol–water partition coefficient (Wildman–Crippen LogP) is 3.35. The third-order valence-electron chi connectivity index (χ3n) is 5.38. The summed E-state index contributed by atoms with van der Waals surface area (Å²) in [5, 5.41) is 3.21. The predicted molar refractivity (Wildman–Crippen MR) is 116 cm³/mol. The van der Waals surface area contributed by atoms with Crippen LogP contribution in [-0.2, 0) is 10.0 Å². The Bertz CT molecular complexity index is 1220. The van der Waals surface area contributed by atoms with Gasteiger partial charge in [-0.1, -0.05) is 25.0 Å². The molecule has 0 bridgehead atoms. The van der Waals surface area contributed by atoms with Crippen molar-refractivity contribution in [2.75, 3.05) is 18.4 Å². The van der Waals surface area contributed by atoms with Crippen LogP contribution in [0, 0.1) is 0 Å². The summed E-state index contributed by atoms with van der Waals surface area (Å²) in [7, 11) is -3.60. The topological polar surface area (TPSA) is 123 Å². The molecule has 3 N–H and O–H groups in total. The molecule has 1 aliphatic heterocycles. The van der Waals surface area contributed by atoms with Crippen LogP contribution in [-0.4, -0.2) is 37.6 Å². The zero-order valence-corrected chi connectivity index (χ0v) is 17.7. The van der Waals surface area contributed by atoms with Gasteiger partial charge in [0.1, 0.15) is 11.3 Å². The number of rotatable bonds is 5. The Kier molecular flexibility index (Phi) is 5.79. The molecule has 2 amide bonds. The molecule has 0 saturated carbocycles. The largest absolute Gasteiger partial charge is 0.449 e. The van der Waals surface area contributed by atoms with Crippen LogP contribution < -0.4 is 11.1 Å². The zero-order chi connectivity index (χ0) is 22.0. The molecule has 162 valence electrons. The van der Waals surface area contributed by atoms with Crippen molar-refractivity contribution in [2.45, 2.75) is 30.6 Å². The van der Waals surface area contributed by atoms with E-state index in [1.807, 2.05) is 0 Å². The number of nitrogens with zero attached hydrogens (tertiary/aromatic N) is 1. The maximum Gasteiger partial charge on any atom is 0.286 e. The maximum absolute atomic E-state index is 12.9. The minimum absolute atomic E-state index is 0.144. The molecule has 1 fully saturated rings. The van der Waals surface area contributed by atoms with Gasteiger partial charge in [0.05, 0.1) is 4.90 Å². The fourth-order valence-electron chi connectivity index (χ4n) is 3.74. The van der Waals surface area contributed by atoms with Gasteiger partial charge >= 0.3 is 0 Å². The molecule has 2 aromatic carbocycles. The summed E-state index contributed by atoms with van der Waals surface area (Å²) in [6.45, 7) is 1.02. The first kappa shape index (κ1) is 21.1. The van der Waals surface area contributed by atoms with E-state index in [4.69, 9.17) is 10.2 Å². The van der Waals surface area contributed by atoms with Crippen molar-refractivity contribution in [3.05, 3.63) is 59.9 Å². The summed E-state index contributed by atoms with van der Waals surface area (Å²) in [5.74, 6) is -1.45. The van der Waals surface area contributed by atoms with E-state index in [1.54, 1.807) is 24.3 Å². The Morgan fingerprint density at radius 3 is 2.23 bits per heavy atom. The maximum atomic E-state index is 12.9. The number of nitrogens with one attached hydrogen (secondary N) is 1. The SMILES string of the molecule is NC(=O)c1oc2ccccc2c1NC(=O)c1ccc(S(=O)(=O)N2CCCCCC2)cc1. The molecule has 1 aliphatic rings. The van der Waals surface area contributed by atoms with Crippen LogP contribution in [0.15, 0.2) is 57.8 Å². The van der Waals surface area contributed by atoms with E-state index < -0.39 is 21.8 Å². The summed E-state index contributed by atoms with van der Waals surface area (Å²) < 4.78 is 32.8. The molecule has 0 atom stereocenters. The van der Waals surface area contributed by atoms with E-state index >= 15 is 0 Å². The van der Waals surface area contributed by atoms with E-state index in [2.05, 4.69) is 5.32 Å². The number of primary amides is 1. The van der Waals surface area contributed by atoms with Gasteiger partial charge in [0.2, 0.25) is 15.8 Å². The number of sulfonamides is 1. The Morgan fingerprint density at radius 2 is 1.58 bits per heavy atom. The van der Waals surface area contributed by atoms with Crippen molar-refractivity contribution in [1.82, 2.24) is 4.31 Å². The summed E-state index contributed by atoms with van der Waals surface area (Å²) in [6, 6.07) is 12.6. The summed E-state index contributed by atoms with van der Waals surface area (Å²) in [5.41, 5.74) is 6.24. The van der Waals surface area contributed by atoms with Gasteiger partial charge in [-0.05, 0) is 49.2 Å². The fourth-order valence-corrected chi connectivity index (χ4v) is 5.26. The molecular formula is C22H23N3O5S. The Labute approximate surface area is 180 Å². The molecule has 3 aromatic rings. The molecule has 31 heavy (non-hydrogen) atoms. The summed E-state index contributed by atoms with van der Waals surface area (Å²) >= 11 is 0. The lowest BCUT2D eigenvalue weighted by atomic mass is 10.2. The minimum atomic E-state index is -3.60. The number of amides is 2. The van der Waals surface area contributed by atoms with Crippen LogP contribution in [0.2, 0.25) is 0 Å². The van der Waals surface area contributed by atoms with Gasteiger partial charge < -0.3 is 15.5 Å². The monoisotopic (exact) mass is 441 g/mol. The van der Waals surface area contributed by atoms with Gasteiger partial charge in [-0.2, -0.15) is 4.31 Å². The molecule has 2 heterocycles. The Balaban J connectivity index is 1.58. The van der Waals surface area contributed by atoms with Crippen LogP contribution in [0.5, 0.6) is 0 Å². The Hall–Kier alpha value is -3.17. The van der Waals surface area contributed by atoms with Crippen molar-refractivity contribution < 1.29 is 22.4 Å². The molecule has 1 saturated heterocycles. The molecule has 8 nitrogen and oxygen atoms in total. The van der Waals surface area contributed by atoms with E-state index in [1.165, 1.54) is 28.6 Å². The van der Waals surface area contributed by atoms with Crippen LogP contribution >= 0.6 is 0 Å². The smallest absolute Gasteiger partial charge is 0.286 e. The average Bonchev–Trinajstić information content (AvgIpc) is 2.93. The van der Waals surface area contributed by atoms with Gasteiger partial charge in [0.25, 0.3) is 11.8 Å². The van der Waals surface area contributed by atoms with E-state index in [0.29, 0.717) is 24.1 Å². The standard InChI is InChI=1S/C22H23N3O5S/c23-21(26)20-19(17-7-3-4-8-18(17)30-20)24-22(27)15-9-11-16(12-10-15)31(28,29)25-13-5-1-2-6-14-25/h3-4,7-12H,1-2,5-6,13-14H2,(H2,23,26)(H,24,27). The van der Waals surface area contributed by atoms with Crippen molar-refractivity contribution in [1.29, 1.82) is 0 Å². The number of carbonyl (C=O) groups is 2. The number of benzene rings is 2. The first-order chi connectivity index (χ1) is 14.9. The highest BCUT2D eigenvalue weighted by atomic mass is 32.2. The molecule has 0 spiro atoms. The van der Waals surface area contributed by atoms with Crippen molar-refractivity contribution in [3.8, 4) is 0 Å². The molecule has 0 aliphatic carbocycles. The Morgan fingerprint density at radius 1 is 0.935 bits per heavy atom. The van der Waals surface area contributed by atoms with Crippen molar-refractivity contribution >= 4 is 38.5 Å². The number of furan rings is 1. The van der Waals surface area contributed by atoms with Crippen LogP contribution in [0.4, 0.5) is 5.69 Å². The summed E-state index contributed by atoms with van der Waals surface area (Å²) in [4.78, 5) is 24.7. The molecule has 0 radical (unpaired) electrons. The zero-order valence-electron chi connectivity index (χ0n) is 16.8. The van der Waals surface area contributed by atoms with Crippen LogP contribution in [0.1, 0.15) is 46.6 Å². The third kappa shape index (κ3) is 4.19. The first-order valence-electron chi connectivity index (χ1n) is 10.1. The van der Waals surface area contributed by atoms with Gasteiger partial charge in [0, 0.05) is 24.0 Å². The second-order valence-electron chi connectivity index (χ2n) is 7.46. The normalized spacial score (nSPS) is 15.5. The number of carbonyl (C=O) groups excluding carboxylic acids is 2. The van der Waals surface area contributed by atoms with Crippen molar-refractivity contribution in [3.63, 3.8) is 0 Å². The summed E-state index contributed by atoms with van der Waals surface area (Å²) in [6.07, 6.45) is 3.75. The van der Waals surface area contributed by atoms with Gasteiger partial charge in [-0.15, -0.1) is 0 Å². The van der Waals surface area contributed by atoms with E-state index in [0.717, 1.165) is 25.7 Å². The molecular weight excluding hydrogens is 418 g/mol. The highest BCUT2D eigenvalue weighted by Gasteiger charge is 2.26. The number of hydrogen-bond donors (Lipinski definition) is 2. The third-order valence-corrected chi connectivity index (χ3v) is 7.29. The lowest BCUT2D eigenvalue weighted by Crippen LogP contribution is -2.31. The fraction of sp³-hybridized carbons (Fsp3) is 0.273. The molecule has 0 unspecified atom stereocenters. The number of para-hydroxylation sites is 1. The number of anilines is 1. The highest BCUT2D eigenvalue weighted by Crippen LogP contribution is 2.31. The van der Waals surface area contributed by atoms with Gasteiger partial charge in [-0.25, -0.2) is 8.42 Å². The second-order valence-corrected chi connectivity index (χ2v) is 9.40. The second kappa shape index (κ2) is 8.52. The lowest BCUT2D eigenvalue weighted by molar-refractivity contribution is 0.0977. The first-order valence-corrected chi connectivity index (χ1v) is 11.5. The number of hydrogen-bond acceptors (Lipinski definition) is 5. The number of nitrogens with two attached hydrogens (primary N) is 1. The minimum Gasteiger partial charge on any atom is -0.449 e.